The van der Waals surface area contributed by atoms with Crippen LogP contribution in [0.1, 0.15) is 16.2 Å². The van der Waals surface area contributed by atoms with E-state index in [0.29, 0.717) is 11.3 Å². The number of pyridine rings is 1. The topological polar surface area (TPSA) is 54.9 Å². The summed E-state index contributed by atoms with van der Waals surface area (Å²) in [6, 6.07) is 4.68. The predicted molar refractivity (Wildman–Crippen MR) is 59.3 cm³/mol. The normalized spacial score (nSPS) is 11.3. The van der Waals surface area contributed by atoms with E-state index in [1.807, 2.05) is 0 Å². The molecule has 0 saturated carbocycles. The van der Waals surface area contributed by atoms with E-state index in [0.717, 1.165) is 5.38 Å². The molecular weight excluding hydrogens is 267 g/mol. The molecule has 0 unspecified atom stereocenters. The van der Waals surface area contributed by atoms with E-state index in [4.69, 9.17) is 0 Å². The number of anilines is 1. The van der Waals surface area contributed by atoms with Crippen molar-refractivity contribution in [3.05, 3.63) is 41.2 Å². The highest BCUT2D eigenvalue weighted by atomic mass is 32.1. The highest BCUT2D eigenvalue weighted by Gasteiger charge is 2.33. The van der Waals surface area contributed by atoms with E-state index >= 15 is 0 Å². The van der Waals surface area contributed by atoms with Crippen molar-refractivity contribution in [3.63, 3.8) is 0 Å². The van der Waals surface area contributed by atoms with Gasteiger partial charge in [0.1, 0.15) is 5.69 Å². The fraction of sp³-hybridized carbons (Fsp3) is 0.100. The zero-order chi connectivity index (χ0) is 13.2. The summed E-state index contributed by atoms with van der Waals surface area (Å²) in [7, 11) is 0. The summed E-state index contributed by atoms with van der Waals surface area (Å²) in [5, 5.41) is 2.98. The second kappa shape index (κ2) is 4.73. The van der Waals surface area contributed by atoms with Crippen LogP contribution in [0.2, 0.25) is 0 Å². The molecule has 2 heterocycles. The molecular formula is C10H6F3N3OS. The summed E-state index contributed by atoms with van der Waals surface area (Å²) in [5.41, 5.74) is -0.912. The predicted octanol–water partition coefficient (Wildman–Crippen LogP) is 2.81. The van der Waals surface area contributed by atoms with Crippen molar-refractivity contribution in [1.82, 2.24) is 9.97 Å². The standard InChI is InChI=1S/C10H6F3N3OS/c11-10(12,13)7-5-18-9(15-7)16-8(17)6-3-1-2-4-14-6/h1-5H,(H,15,16,17). The molecule has 2 rings (SSSR count). The van der Waals surface area contributed by atoms with Crippen molar-refractivity contribution in [2.24, 2.45) is 0 Å². The SMILES string of the molecule is O=C(Nc1nc(C(F)(F)F)cs1)c1ccccn1. The van der Waals surface area contributed by atoms with Crippen LogP contribution >= 0.6 is 11.3 Å². The van der Waals surface area contributed by atoms with E-state index in [1.165, 1.54) is 12.3 Å². The summed E-state index contributed by atoms with van der Waals surface area (Å²) < 4.78 is 36.8. The maximum absolute atomic E-state index is 12.3. The number of carbonyl (C=O) groups is 1. The highest BCUT2D eigenvalue weighted by molar-refractivity contribution is 7.14. The molecule has 0 atom stereocenters. The summed E-state index contributed by atoms with van der Waals surface area (Å²) in [5.74, 6) is -0.598. The first-order chi connectivity index (χ1) is 8.47. The number of hydrogen-bond donors (Lipinski definition) is 1. The monoisotopic (exact) mass is 273 g/mol. The first-order valence-corrected chi connectivity index (χ1v) is 5.60. The average Bonchev–Trinajstić information content (AvgIpc) is 2.78. The Morgan fingerprint density at radius 2 is 2.11 bits per heavy atom. The lowest BCUT2D eigenvalue weighted by Crippen LogP contribution is -2.13. The molecule has 2 aromatic heterocycles. The molecule has 0 bridgehead atoms. The summed E-state index contributed by atoms with van der Waals surface area (Å²) in [6.07, 6.45) is -3.09. The van der Waals surface area contributed by atoms with E-state index in [-0.39, 0.29) is 10.8 Å². The van der Waals surface area contributed by atoms with Crippen LogP contribution in [0.25, 0.3) is 0 Å². The zero-order valence-corrected chi connectivity index (χ0v) is 9.55. The third-order valence-corrected chi connectivity index (χ3v) is 2.67. The maximum Gasteiger partial charge on any atom is 0.434 e. The molecule has 0 aliphatic rings. The molecule has 0 aromatic carbocycles. The molecule has 8 heteroatoms. The Morgan fingerprint density at radius 3 is 2.67 bits per heavy atom. The van der Waals surface area contributed by atoms with Gasteiger partial charge in [0.15, 0.2) is 10.8 Å². The number of halogens is 3. The molecule has 18 heavy (non-hydrogen) atoms. The molecule has 0 fully saturated rings. The quantitative estimate of drug-likeness (QED) is 0.915. The Kier molecular flexibility index (Phi) is 3.28. The number of carbonyl (C=O) groups excluding carboxylic acids is 1. The lowest BCUT2D eigenvalue weighted by molar-refractivity contribution is -0.140. The molecule has 0 aliphatic carbocycles. The minimum atomic E-state index is -4.51. The number of rotatable bonds is 2. The number of nitrogens with zero attached hydrogens (tertiary/aromatic N) is 2. The van der Waals surface area contributed by atoms with Gasteiger partial charge in [0, 0.05) is 11.6 Å². The molecule has 1 N–H and O–H groups in total. The van der Waals surface area contributed by atoms with Gasteiger partial charge in [-0.3, -0.25) is 15.1 Å². The summed E-state index contributed by atoms with van der Waals surface area (Å²) in [6.45, 7) is 0. The van der Waals surface area contributed by atoms with Gasteiger partial charge in [0.2, 0.25) is 0 Å². The number of amides is 1. The third kappa shape index (κ3) is 2.83. The minimum absolute atomic E-state index is 0.112. The van der Waals surface area contributed by atoms with Gasteiger partial charge >= 0.3 is 6.18 Å². The van der Waals surface area contributed by atoms with Crippen molar-refractivity contribution in [1.29, 1.82) is 0 Å². The largest absolute Gasteiger partial charge is 0.434 e. The minimum Gasteiger partial charge on any atom is -0.296 e. The molecule has 0 radical (unpaired) electrons. The van der Waals surface area contributed by atoms with Gasteiger partial charge in [-0.05, 0) is 12.1 Å². The number of thiazole rings is 1. The van der Waals surface area contributed by atoms with Gasteiger partial charge in [0.25, 0.3) is 5.91 Å². The van der Waals surface area contributed by atoms with Crippen molar-refractivity contribution in [2.45, 2.75) is 6.18 Å². The molecule has 0 aliphatic heterocycles. The Labute approximate surface area is 104 Å². The average molecular weight is 273 g/mol. The van der Waals surface area contributed by atoms with E-state index < -0.39 is 17.8 Å². The highest BCUT2D eigenvalue weighted by Crippen LogP contribution is 2.31. The van der Waals surface area contributed by atoms with Crippen LogP contribution in [0.3, 0.4) is 0 Å². The van der Waals surface area contributed by atoms with Crippen LogP contribution in [-0.4, -0.2) is 15.9 Å². The Balaban J connectivity index is 2.11. The van der Waals surface area contributed by atoms with Gasteiger partial charge < -0.3 is 0 Å². The van der Waals surface area contributed by atoms with Crippen molar-refractivity contribution in [2.75, 3.05) is 5.32 Å². The van der Waals surface area contributed by atoms with Crippen LogP contribution in [0.4, 0.5) is 18.3 Å². The molecule has 94 valence electrons. The molecule has 2 aromatic rings. The van der Waals surface area contributed by atoms with Crippen LogP contribution in [0, 0.1) is 0 Å². The van der Waals surface area contributed by atoms with Crippen molar-refractivity contribution in [3.8, 4) is 0 Å². The zero-order valence-electron chi connectivity index (χ0n) is 8.73. The van der Waals surface area contributed by atoms with Crippen LogP contribution in [0.5, 0.6) is 0 Å². The molecule has 1 amide bonds. The van der Waals surface area contributed by atoms with Gasteiger partial charge in [-0.15, -0.1) is 11.3 Å². The number of hydrogen-bond acceptors (Lipinski definition) is 4. The van der Waals surface area contributed by atoms with E-state index in [2.05, 4.69) is 15.3 Å². The number of aromatic nitrogens is 2. The van der Waals surface area contributed by atoms with E-state index in [9.17, 15) is 18.0 Å². The van der Waals surface area contributed by atoms with E-state index in [1.54, 1.807) is 12.1 Å². The first kappa shape index (κ1) is 12.5. The Hall–Kier alpha value is -1.96. The second-order valence-corrected chi connectivity index (χ2v) is 4.06. The fourth-order valence-electron chi connectivity index (χ4n) is 1.12. The smallest absolute Gasteiger partial charge is 0.296 e. The lowest BCUT2D eigenvalue weighted by Gasteiger charge is -2.01. The molecule has 0 saturated heterocycles. The Bertz CT molecular complexity index is 553. The van der Waals surface area contributed by atoms with Gasteiger partial charge in [-0.1, -0.05) is 6.07 Å². The second-order valence-electron chi connectivity index (χ2n) is 3.20. The lowest BCUT2D eigenvalue weighted by atomic mass is 10.3. The van der Waals surface area contributed by atoms with Crippen molar-refractivity contribution >= 4 is 22.4 Å². The molecule has 4 nitrogen and oxygen atoms in total. The number of alkyl halides is 3. The van der Waals surface area contributed by atoms with Gasteiger partial charge in [-0.25, -0.2) is 4.98 Å². The summed E-state index contributed by atoms with van der Waals surface area (Å²) >= 11 is 0.709. The third-order valence-electron chi connectivity index (χ3n) is 1.91. The van der Waals surface area contributed by atoms with Crippen LogP contribution in [0.15, 0.2) is 29.8 Å². The maximum atomic E-state index is 12.3. The Morgan fingerprint density at radius 1 is 1.33 bits per heavy atom. The fourth-order valence-corrected chi connectivity index (χ4v) is 1.83. The molecule has 0 spiro atoms. The van der Waals surface area contributed by atoms with Crippen LogP contribution in [-0.2, 0) is 6.18 Å². The van der Waals surface area contributed by atoms with Crippen molar-refractivity contribution < 1.29 is 18.0 Å². The van der Waals surface area contributed by atoms with Crippen LogP contribution < -0.4 is 5.32 Å². The first-order valence-electron chi connectivity index (χ1n) is 4.72. The summed E-state index contributed by atoms with van der Waals surface area (Å²) in [4.78, 5) is 18.6. The number of nitrogens with one attached hydrogen (secondary N) is 1. The van der Waals surface area contributed by atoms with Gasteiger partial charge in [0.05, 0.1) is 0 Å². The van der Waals surface area contributed by atoms with Gasteiger partial charge in [-0.2, -0.15) is 13.2 Å².